The highest BCUT2D eigenvalue weighted by molar-refractivity contribution is 5.83. The molecular weight excluding hydrogens is 232 g/mol. The van der Waals surface area contributed by atoms with Crippen molar-refractivity contribution in [3.8, 4) is 5.75 Å². The summed E-state index contributed by atoms with van der Waals surface area (Å²) in [4.78, 5) is 0. The first-order valence-electron chi connectivity index (χ1n) is 6.77. The van der Waals surface area contributed by atoms with Crippen LogP contribution in [0.2, 0.25) is 0 Å². The van der Waals surface area contributed by atoms with Crippen molar-refractivity contribution in [1.82, 2.24) is 0 Å². The Hall–Kier alpha value is -2.02. The molecule has 1 heteroatoms. The van der Waals surface area contributed by atoms with E-state index in [1.165, 1.54) is 10.8 Å². The minimum absolute atomic E-state index is 0.631. The van der Waals surface area contributed by atoms with Crippen LogP contribution in [0.25, 0.3) is 10.8 Å². The van der Waals surface area contributed by atoms with E-state index in [-0.39, 0.29) is 0 Å². The fourth-order valence-electron chi connectivity index (χ4n) is 1.97. The molecule has 0 aliphatic carbocycles. The summed E-state index contributed by atoms with van der Waals surface area (Å²) in [5.41, 5.74) is 0. The fraction of sp³-hybridized carbons (Fsp3) is 0.222. The van der Waals surface area contributed by atoms with E-state index >= 15 is 0 Å². The van der Waals surface area contributed by atoms with Gasteiger partial charge in [0.05, 0.1) is 0 Å². The van der Waals surface area contributed by atoms with Crippen molar-refractivity contribution in [2.75, 3.05) is 6.61 Å². The average Bonchev–Trinajstić information content (AvgIpc) is 2.46. The molecule has 98 valence electrons. The molecule has 2 aromatic carbocycles. The maximum Gasteiger partial charge on any atom is 0.120 e. The van der Waals surface area contributed by atoms with Gasteiger partial charge in [-0.3, -0.25) is 0 Å². The van der Waals surface area contributed by atoms with Gasteiger partial charge in [-0.15, -0.1) is 6.58 Å². The van der Waals surface area contributed by atoms with Gasteiger partial charge in [0.1, 0.15) is 12.4 Å². The highest BCUT2D eigenvalue weighted by Crippen LogP contribution is 2.20. The number of unbranched alkanes of at least 4 members (excludes halogenated alkanes) is 2. The number of benzene rings is 2. The zero-order chi connectivity index (χ0) is 13.3. The minimum Gasteiger partial charge on any atom is -0.490 e. The third-order valence-corrected chi connectivity index (χ3v) is 3.01. The molecule has 0 N–H and O–H groups in total. The Bertz CT molecular complexity index is 554. The topological polar surface area (TPSA) is 9.23 Å². The van der Waals surface area contributed by atoms with E-state index in [0.29, 0.717) is 6.61 Å². The van der Waals surface area contributed by atoms with Gasteiger partial charge in [0.15, 0.2) is 0 Å². The van der Waals surface area contributed by atoms with Gasteiger partial charge in [-0.05, 0) is 42.2 Å². The lowest BCUT2D eigenvalue weighted by atomic mass is 10.1. The first-order chi connectivity index (χ1) is 9.40. The van der Waals surface area contributed by atoms with Crippen LogP contribution in [0.4, 0.5) is 0 Å². The number of allylic oxidation sites excluding steroid dienone is 2. The zero-order valence-corrected chi connectivity index (χ0v) is 11.2. The van der Waals surface area contributed by atoms with Crippen LogP contribution in [-0.4, -0.2) is 6.61 Å². The van der Waals surface area contributed by atoms with E-state index in [1.807, 2.05) is 18.2 Å². The van der Waals surface area contributed by atoms with E-state index in [2.05, 4.69) is 49.1 Å². The molecule has 0 atom stereocenters. The third-order valence-electron chi connectivity index (χ3n) is 3.01. The summed E-state index contributed by atoms with van der Waals surface area (Å²) < 4.78 is 5.71. The van der Waals surface area contributed by atoms with Crippen molar-refractivity contribution in [3.05, 3.63) is 67.3 Å². The molecule has 1 nitrogen and oxygen atoms in total. The van der Waals surface area contributed by atoms with Gasteiger partial charge in [-0.25, -0.2) is 0 Å². The number of fused-ring (bicyclic) bond motifs is 1. The molecule has 0 aliphatic rings. The molecule has 0 heterocycles. The van der Waals surface area contributed by atoms with E-state index in [0.717, 1.165) is 25.0 Å². The van der Waals surface area contributed by atoms with Crippen molar-refractivity contribution in [2.45, 2.75) is 19.3 Å². The SMILES string of the molecule is C=CCCC/C=C/COc1ccc2ccccc2c1. The zero-order valence-electron chi connectivity index (χ0n) is 11.2. The monoisotopic (exact) mass is 252 g/mol. The molecule has 0 aromatic heterocycles. The predicted octanol–water partition coefficient (Wildman–Crippen LogP) is 5.13. The van der Waals surface area contributed by atoms with Gasteiger partial charge in [-0.1, -0.05) is 48.6 Å². The Morgan fingerprint density at radius 2 is 1.79 bits per heavy atom. The molecule has 2 aromatic rings. The standard InChI is InChI=1S/C18H20O/c1-2-3-4-5-6-9-14-19-18-13-12-16-10-7-8-11-17(16)15-18/h2,6-13,15H,1,3-5,14H2/b9-6+. The molecule has 0 radical (unpaired) electrons. The van der Waals surface area contributed by atoms with Crippen LogP contribution in [0.5, 0.6) is 5.75 Å². The summed E-state index contributed by atoms with van der Waals surface area (Å²) in [6.07, 6.45) is 9.54. The summed E-state index contributed by atoms with van der Waals surface area (Å²) in [6.45, 7) is 4.34. The molecule has 19 heavy (non-hydrogen) atoms. The summed E-state index contributed by atoms with van der Waals surface area (Å²) in [5, 5.41) is 2.46. The Morgan fingerprint density at radius 1 is 0.947 bits per heavy atom. The number of ether oxygens (including phenoxy) is 1. The van der Waals surface area contributed by atoms with Crippen LogP contribution >= 0.6 is 0 Å². The van der Waals surface area contributed by atoms with Crippen molar-refractivity contribution >= 4 is 10.8 Å². The molecule has 0 amide bonds. The van der Waals surface area contributed by atoms with Crippen molar-refractivity contribution in [1.29, 1.82) is 0 Å². The Balaban J connectivity index is 1.83. The van der Waals surface area contributed by atoms with E-state index in [4.69, 9.17) is 4.74 Å². The van der Waals surface area contributed by atoms with E-state index in [9.17, 15) is 0 Å². The smallest absolute Gasteiger partial charge is 0.120 e. The third kappa shape index (κ3) is 4.29. The number of rotatable bonds is 7. The highest BCUT2D eigenvalue weighted by Gasteiger charge is 1.95. The molecule has 0 fully saturated rings. The minimum atomic E-state index is 0.631. The molecule has 0 saturated heterocycles. The maximum atomic E-state index is 5.71. The molecule has 2 rings (SSSR count). The van der Waals surface area contributed by atoms with Crippen LogP contribution in [0.1, 0.15) is 19.3 Å². The van der Waals surface area contributed by atoms with Crippen molar-refractivity contribution in [2.24, 2.45) is 0 Å². The quantitative estimate of drug-likeness (QED) is 0.490. The lowest BCUT2D eigenvalue weighted by molar-refractivity contribution is 0.363. The second kappa shape index (κ2) is 7.42. The molecule has 0 aliphatic heterocycles. The fourth-order valence-corrected chi connectivity index (χ4v) is 1.97. The van der Waals surface area contributed by atoms with Crippen LogP contribution in [0.15, 0.2) is 67.3 Å². The van der Waals surface area contributed by atoms with Gasteiger partial charge in [0.2, 0.25) is 0 Å². The maximum absolute atomic E-state index is 5.71. The second-order valence-corrected chi connectivity index (χ2v) is 4.51. The van der Waals surface area contributed by atoms with Crippen LogP contribution in [0, 0.1) is 0 Å². The van der Waals surface area contributed by atoms with Crippen LogP contribution < -0.4 is 4.74 Å². The summed E-state index contributed by atoms with van der Waals surface area (Å²) >= 11 is 0. The highest BCUT2D eigenvalue weighted by atomic mass is 16.5. The largest absolute Gasteiger partial charge is 0.490 e. The average molecular weight is 252 g/mol. The Labute approximate surface area is 115 Å². The molecule has 0 saturated carbocycles. The van der Waals surface area contributed by atoms with E-state index < -0.39 is 0 Å². The lowest BCUT2D eigenvalue weighted by Gasteiger charge is -2.04. The molecule has 0 bridgehead atoms. The van der Waals surface area contributed by atoms with Crippen LogP contribution in [0.3, 0.4) is 0 Å². The van der Waals surface area contributed by atoms with Gasteiger partial charge in [-0.2, -0.15) is 0 Å². The molecule has 0 unspecified atom stereocenters. The van der Waals surface area contributed by atoms with Gasteiger partial charge in [0.25, 0.3) is 0 Å². The second-order valence-electron chi connectivity index (χ2n) is 4.51. The Kier molecular flexibility index (Phi) is 5.24. The van der Waals surface area contributed by atoms with Crippen molar-refractivity contribution in [3.63, 3.8) is 0 Å². The van der Waals surface area contributed by atoms with Crippen molar-refractivity contribution < 1.29 is 4.74 Å². The lowest BCUT2D eigenvalue weighted by Crippen LogP contribution is -1.93. The van der Waals surface area contributed by atoms with Gasteiger partial charge >= 0.3 is 0 Å². The summed E-state index contributed by atoms with van der Waals surface area (Å²) in [5.74, 6) is 0.925. The van der Waals surface area contributed by atoms with Gasteiger partial charge in [0, 0.05) is 0 Å². The summed E-state index contributed by atoms with van der Waals surface area (Å²) in [6, 6.07) is 14.5. The number of hydrogen-bond acceptors (Lipinski definition) is 1. The molecule has 0 spiro atoms. The molecular formula is C18H20O. The summed E-state index contributed by atoms with van der Waals surface area (Å²) in [7, 11) is 0. The van der Waals surface area contributed by atoms with Gasteiger partial charge < -0.3 is 4.74 Å². The first-order valence-corrected chi connectivity index (χ1v) is 6.77. The first kappa shape index (κ1) is 13.4. The predicted molar refractivity (Wildman–Crippen MR) is 82.6 cm³/mol. The number of hydrogen-bond donors (Lipinski definition) is 0. The normalized spacial score (nSPS) is 10.9. The van der Waals surface area contributed by atoms with E-state index in [1.54, 1.807) is 0 Å². The van der Waals surface area contributed by atoms with Crippen LogP contribution in [-0.2, 0) is 0 Å². The Morgan fingerprint density at radius 3 is 2.63 bits per heavy atom.